The van der Waals surface area contributed by atoms with Gasteiger partial charge in [-0.2, -0.15) is 0 Å². The number of ether oxygens (including phenoxy) is 1. The summed E-state index contributed by atoms with van der Waals surface area (Å²) in [5, 5.41) is 3.19. The van der Waals surface area contributed by atoms with Gasteiger partial charge in [0.1, 0.15) is 17.5 Å². The second-order valence-electron chi connectivity index (χ2n) is 6.22. The first-order chi connectivity index (χ1) is 10.0. The summed E-state index contributed by atoms with van der Waals surface area (Å²) >= 11 is 0. The largest absolute Gasteiger partial charge is 0.381 e. The molecule has 5 heteroatoms. The molecule has 1 saturated heterocycles. The highest BCUT2D eigenvalue weighted by molar-refractivity contribution is 5.58. The van der Waals surface area contributed by atoms with Crippen molar-refractivity contribution in [2.75, 3.05) is 44.1 Å². The van der Waals surface area contributed by atoms with Gasteiger partial charge in [-0.15, -0.1) is 0 Å². The first-order valence-electron chi connectivity index (χ1n) is 7.88. The van der Waals surface area contributed by atoms with Crippen LogP contribution in [0.3, 0.4) is 0 Å². The van der Waals surface area contributed by atoms with E-state index in [0.717, 1.165) is 55.6 Å². The molecular formula is C16H28N4O. The third-order valence-corrected chi connectivity index (χ3v) is 4.13. The molecular weight excluding hydrogens is 264 g/mol. The van der Waals surface area contributed by atoms with E-state index in [2.05, 4.69) is 43.0 Å². The van der Waals surface area contributed by atoms with Crippen molar-refractivity contribution in [1.29, 1.82) is 0 Å². The summed E-state index contributed by atoms with van der Waals surface area (Å²) in [5.41, 5.74) is 1.12. The zero-order valence-electron chi connectivity index (χ0n) is 13.9. The molecule has 1 N–H and O–H groups in total. The van der Waals surface area contributed by atoms with Gasteiger partial charge in [0.15, 0.2) is 0 Å². The van der Waals surface area contributed by atoms with Crippen LogP contribution in [0.2, 0.25) is 0 Å². The third kappa shape index (κ3) is 3.84. The molecule has 1 aliphatic heterocycles. The van der Waals surface area contributed by atoms with Crippen LogP contribution in [0.4, 0.5) is 11.6 Å². The van der Waals surface area contributed by atoms with E-state index in [1.54, 1.807) is 0 Å². The van der Waals surface area contributed by atoms with E-state index < -0.39 is 0 Å². The first-order valence-corrected chi connectivity index (χ1v) is 7.88. The second-order valence-corrected chi connectivity index (χ2v) is 6.22. The monoisotopic (exact) mass is 292 g/mol. The van der Waals surface area contributed by atoms with Crippen molar-refractivity contribution in [2.24, 2.45) is 5.92 Å². The topological polar surface area (TPSA) is 50.3 Å². The Morgan fingerprint density at radius 3 is 2.52 bits per heavy atom. The summed E-state index contributed by atoms with van der Waals surface area (Å²) in [6.07, 6.45) is 2.29. The molecule has 0 saturated carbocycles. The Hall–Kier alpha value is -1.36. The van der Waals surface area contributed by atoms with Crippen molar-refractivity contribution in [3.05, 3.63) is 11.4 Å². The highest BCUT2D eigenvalue weighted by Gasteiger charge is 2.20. The van der Waals surface area contributed by atoms with Crippen molar-refractivity contribution in [3.8, 4) is 0 Å². The maximum absolute atomic E-state index is 5.44. The van der Waals surface area contributed by atoms with Crippen LogP contribution in [0.25, 0.3) is 0 Å². The lowest BCUT2D eigenvalue weighted by atomic mass is 10.00. The summed E-state index contributed by atoms with van der Waals surface area (Å²) in [6.45, 7) is 9.16. The second kappa shape index (κ2) is 7.07. The summed E-state index contributed by atoms with van der Waals surface area (Å²) < 4.78 is 5.44. The molecule has 2 rings (SSSR count). The summed E-state index contributed by atoms with van der Waals surface area (Å²) in [5.74, 6) is 3.90. The maximum atomic E-state index is 5.44. The molecule has 0 radical (unpaired) electrons. The number of hydrogen-bond donors (Lipinski definition) is 1. The van der Waals surface area contributed by atoms with E-state index >= 15 is 0 Å². The first kappa shape index (κ1) is 16.0. The van der Waals surface area contributed by atoms with Gasteiger partial charge in [-0.25, -0.2) is 9.97 Å². The molecule has 2 heterocycles. The van der Waals surface area contributed by atoms with Gasteiger partial charge in [-0.1, -0.05) is 13.8 Å². The van der Waals surface area contributed by atoms with Crippen LogP contribution in [0.15, 0.2) is 0 Å². The number of rotatable bonds is 5. The van der Waals surface area contributed by atoms with E-state index in [4.69, 9.17) is 9.72 Å². The van der Waals surface area contributed by atoms with Crippen molar-refractivity contribution in [3.63, 3.8) is 0 Å². The Kier molecular flexibility index (Phi) is 5.39. The third-order valence-electron chi connectivity index (χ3n) is 4.13. The van der Waals surface area contributed by atoms with Crippen molar-refractivity contribution in [2.45, 2.75) is 39.5 Å². The minimum atomic E-state index is 0.327. The van der Waals surface area contributed by atoms with Gasteiger partial charge in [0.05, 0.1) is 0 Å². The minimum absolute atomic E-state index is 0.327. The Balaban J connectivity index is 2.21. The number of hydrogen-bond acceptors (Lipinski definition) is 5. The molecule has 0 atom stereocenters. The molecule has 0 amide bonds. The summed E-state index contributed by atoms with van der Waals surface area (Å²) in [4.78, 5) is 11.7. The van der Waals surface area contributed by atoms with Gasteiger partial charge >= 0.3 is 0 Å². The molecule has 0 unspecified atom stereocenters. The smallest absolute Gasteiger partial charge is 0.137 e. The zero-order chi connectivity index (χ0) is 15.4. The van der Waals surface area contributed by atoms with Crippen molar-refractivity contribution >= 4 is 11.6 Å². The van der Waals surface area contributed by atoms with Gasteiger partial charge in [-0.05, 0) is 25.7 Å². The van der Waals surface area contributed by atoms with Crippen molar-refractivity contribution < 1.29 is 4.74 Å². The molecule has 1 fully saturated rings. The minimum Gasteiger partial charge on any atom is -0.381 e. The van der Waals surface area contributed by atoms with Crippen LogP contribution in [-0.4, -0.2) is 43.8 Å². The van der Waals surface area contributed by atoms with Crippen LogP contribution < -0.4 is 10.2 Å². The predicted molar refractivity (Wildman–Crippen MR) is 87.2 cm³/mol. The normalized spacial score (nSPS) is 16.3. The molecule has 0 bridgehead atoms. The fourth-order valence-electron chi connectivity index (χ4n) is 2.80. The molecule has 1 aromatic heterocycles. The number of aromatic nitrogens is 2. The Bertz CT molecular complexity index is 470. The van der Waals surface area contributed by atoms with E-state index in [0.29, 0.717) is 11.8 Å². The highest BCUT2D eigenvalue weighted by atomic mass is 16.5. The fraction of sp³-hybridized carbons (Fsp3) is 0.750. The lowest BCUT2D eigenvalue weighted by Crippen LogP contribution is -2.31. The Morgan fingerprint density at radius 2 is 1.95 bits per heavy atom. The average molecular weight is 292 g/mol. The molecule has 0 spiro atoms. The van der Waals surface area contributed by atoms with Gasteiger partial charge in [0.25, 0.3) is 0 Å². The van der Waals surface area contributed by atoms with Gasteiger partial charge in [-0.3, -0.25) is 0 Å². The molecule has 118 valence electrons. The molecule has 5 nitrogen and oxygen atoms in total. The van der Waals surface area contributed by atoms with Crippen LogP contribution in [0.1, 0.15) is 44.0 Å². The van der Waals surface area contributed by atoms with E-state index in [9.17, 15) is 0 Å². The molecule has 21 heavy (non-hydrogen) atoms. The fourth-order valence-corrected chi connectivity index (χ4v) is 2.80. The SMILES string of the molecule is CNc1nc(C(C)C)nc(N(C)CC2CCOCC2)c1C. The van der Waals surface area contributed by atoms with E-state index in [1.165, 1.54) is 0 Å². The summed E-state index contributed by atoms with van der Waals surface area (Å²) in [7, 11) is 4.05. The van der Waals surface area contributed by atoms with Crippen LogP contribution in [0.5, 0.6) is 0 Å². The van der Waals surface area contributed by atoms with Gasteiger partial charge in [0.2, 0.25) is 0 Å². The maximum Gasteiger partial charge on any atom is 0.137 e. The number of anilines is 2. The highest BCUT2D eigenvalue weighted by Crippen LogP contribution is 2.27. The molecule has 0 aliphatic carbocycles. The average Bonchev–Trinajstić information content (AvgIpc) is 2.48. The summed E-state index contributed by atoms with van der Waals surface area (Å²) in [6, 6.07) is 0. The van der Waals surface area contributed by atoms with Gasteiger partial charge < -0.3 is 15.0 Å². The lowest BCUT2D eigenvalue weighted by Gasteiger charge is -2.29. The molecule has 1 aromatic rings. The van der Waals surface area contributed by atoms with Crippen molar-refractivity contribution in [1.82, 2.24) is 9.97 Å². The van der Waals surface area contributed by atoms with Gasteiger partial charge in [0, 0.05) is 45.3 Å². The number of nitrogens with one attached hydrogen (secondary N) is 1. The molecule has 1 aliphatic rings. The molecule has 0 aromatic carbocycles. The Labute approximate surface area is 128 Å². The number of nitrogens with zero attached hydrogens (tertiary/aromatic N) is 3. The Morgan fingerprint density at radius 1 is 1.29 bits per heavy atom. The van der Waals surface area contributed by atoms with Crippen LogP contribution in [-0.2, 0) is 4.74 Å². The zero-order valence-corrected chi connectivity index (χ0v) is 13.9. The van der Waals surface area contributed by atoms with Crippen LogP contribution in [0, 0.1) is 12.8 Å². The van der Waals surface area contributed by atoms with E-state index in [1.807, 2.05) is 7.05 Å². The quantitative estimate of drug-likeness (QED) is 0.904. The van der Waals surface area contributed by atoms with E-state index in [-0.39, 0.29) is 0 Å². The lowest BCUT2D eigenvalue weighted by molar-refractivity contribution is 0.0685. The predicted octanol–water partition coefficient (Wildman–Crippen LogP) is 2.81. The van der Waals surface area contributed by atoms with Crippen LogP contribution >= 0.6 is 0 Å². The standard InChI is InChI=1S/C16H28N4O/c1-11(2)14-18-15(17-4)12(3)16(19-14)20(5)10-13-6-8-21-9-7-13/h11,13H,6-10H2,1-5H3,(H,17,18,19).